The molecule has 116 valence electrons. The van der Waals surface area contributed by atoms with Gasteiger partial charge >= 0.3 is 0 Å². The van der Waals surface area contributed by atoms with Crippen molar-refractivity contribution in [3.05, 3.63) is 33.2 Å². The van der Waals surface area contributed by atoms with Gasteiger partial charge in [-0.2, -0.15) is 0 Å². The van der Waals surface area contributed by atoms with Crippen LogP contribution in [0.5, 0.6) is 0 Å². The number of hydrogen-bond acceptors (Lipinski definition) is 2. The second kappa shape index (κ2) is 7.26. The average molecular weight is 310 g/mol. The Kier molecular flexibility index (Phi) is 5.63. The van der Waals surface area contributed by atoms with Crippen LogP contribution in [0.2, 0.25) is 0 Å². The Hall–Kier alpha value is -1.09. The molecule has 0 amide bonds. The van der Waals surface area contributed by atoms with Crippen LogP contribution in [0.15, 0.2) is 10.9 Å². The minimum atomic E-state index is -0.374. The van der Waals surface area contributed by atoms with Gasteiger partial charge in [-0.15, -0.1) is 0 Å². The number of fused-ring (bicyclic) bond motifs is 1. The fourth-order valence-corrected chi connectivity index (χ4v) is 3.07. The highest BCUT2D eigenvalue weighted by molar-refractivity contribution is 6.63. The van der Waals surface area contributed by atoms with Crippen molar-refractivity contribution in [1.29, 1.82) is 0 Å². The maximum absolute atomic E-state index is 12.7. The van der Waals surface area contributed by atoms with Crippen LogP contribution in [0.3, 0.4) is 0 Å². The molecule has 2 rings (SSSR count). The highest BCUT2D eigenvalue weighted by Gasteiger charge is 2.18. The molecule has 0 N–H and O–H groups in total. The molecule has 1 heterocycles. The maximum atomic E-state index is 12.7. The summed E-state index contributed by atoms with van der Waals surface area (Å²) in [5, 5.41) is -0.374. The third-order valence-electron chi connectivity index (χ3n) is 4.20. The predicted molar refractivity (Wildman–Crippen MR) is 86.0 cm³/mol. The lowest BCUT2D eigenvalue weighted by Gasteiger charge is -2.23. The normalized spacial score (nSPS) is 14.3. The second-order valence-electron chi connectivity index (χ2n) is 6.34. The Morgan fingerprint density at radius 1 is 1.33 bits per heavy atom. The first-order chi connectivity index (χ1) is 9.99. The summed E-state index contributed by atoms with van der Waals surface area (Å²) in [4.78, 5) is 23.6. The Bertz CT molecular complexity index is 575. The quantitative estimate of drug-likeness (QED) is 0.755. The summed E-state index contributed by atoms with van der Waals surface area (Å²) < 4.78 is 1.96. The van der Waals surface area contributed by atoms with Crippen LogP contribution >= 0.6 is 11.6 Å². The largest absolute Gasteiger partial charge is 0.312 e. The van der Waals surface area contributed by atoms with Crippen LogP contribution in [-0.4, -0.2) is 9.81 Å². The SMILES string of the molecule is CC(C)CCn1c2c(cc(CCC(=O)Cl)c1=O)CCCC2. The van der Waals surface area contributed by atoms with Crippen molar-refractivity contribution in [3.63, 3.8) is 0 Å². The van der Waals surface area contributed by atoms with Crippen LogP contribution < -0.4 is 5.56 Å². The molecule has 21 heavy (non-hydrogen) atoms. The number of carbonyl (C=O) groups is 1. The van der Waals surface area contributed by atoms with Gasteiger partial charge in [-0.1, -0.05) is 13.8 Å². The number of aromatic nitrogens is 1. The topological polar surface area (TPSA) is 39.1 Å². The molecule has 0 saturated carbocycles. The minimum absolute atomic E-state index is 0.0780. The Morgan fingerprint density at radius 2 is 2.05 bits per heavy atom. The third kappa shape index (κ3) is 4.19. The first-order valence-electron chi connectivity index (χ1n) is 7.92. The lowest BCUT2D eigenvalue weighted by Crippen LogP contribution is -2.30. The van der Waals surface area contributed by atoms with E-state index in [1.54, 1.807) is 0 Å². The Balaban J connectivity index is 2.36. The Labute approximate surface area is 131 Å². The van der Waals surface area contributed by atoms with Crippen LogP contribution in [0.4, 0.5) is 0 Å². The van der Waals surface area contributed by atoms with Crippen LogP contribution in [-0.2, 0) is 30.6 Å². The van der Waals surface area contributed by atoms with Crippen LogP contribution in [0.25, 0.3) is 0 Å². The van der Waals surface area contributed by atoms with Gasteiger partial charge in [-0.25, -0.2) is 0 Å². The van der Waals surface area contributed by atoms with E-state index in [-0.39, 0.29) is 17.2 Å². The second-order valence-corrected chi connectivity index (χ2v) is 6.76. The number of aryl methyl sites for hydroxylation is 2. The lowest BCUT2D eigenvalue weighted by molar-refractivity contribution is -0.111. The molecule has 0 bridgehead atoms. The molecular formula is C17H24ClNO2. The summed E-state index contributed by atoms with van der Waals surface area (Å²) in [6.07, 6.45) is 6.08. The number of hydrogen-bond donors (Lipinski definition) is 0. The first-order valence-corrected chi connectivity index (χ1v) is 8.29. The van der Waals surface area contributed by atoms with E-state index in [2.05, 4.69) is 13.8 Å². The van der Waals surface area contributed by atoms with E-state index in [1.165, 1.54) is 17.7 Å². The van der Waals surface area contributed by atoms with Gasteiger partial charge in [-0.3, -0.25) is 9.59 Å². The van der Waals surface area contributed by atoms with Gasteiger partial charge < -0.3 is 4.57 Å². The van der Waals surface area contributed by atoms with Crippen LogP contribution in [0, 0.1) is 5.92 Å². The number of halogens is 1. The van der Waals surface area contributed by atoms with Crippen molar-refractivity contribution < 1.29 is 4.79 Å². The number of carbonyl (C=O) groups excluding carboxylic acids is 1. The summed E-state index contributed by atoms with van der Waals surface area (Å²) in [7, 11) is 0. The molecule has 3 nitrogen and oxygen atoms in total. The fraction of sp³-hybridized carbons (Fsp3) is 0.647. The zero-order valence-electron chi connectivity index (χ0n) is 13.0. The van der Waals surface area contributed by atoms with E-state index in [9.17, 15) is 9.59 Å². The van der Waals surface area contributed by atoms with E-state index in [4.69, 9.17) is 11.6 Å². The fourth-order valence-electron chi connectivity index (χ4n) is 2.98. The highest BCUT2D eigenvalue weighted by atomic mass is 35.5. The summed E-state index contributed by atoms with van der Waals surface area (Å²) in [6, 6.07) is 2.02. The van der Waals surface area contributed by atoms with Gasteiger partial charge in [0, 0.05) is 24.2 Å². The smallest absolute Gasteiger partial charge is 0.253 e. The number of pyridine rings is 1. The third-order valence-corrected chi connectivity index (χ3v) is 4.38. The van der Waals surface area contributed by atoms with Crippen molar-refractivity contribution in [3.8, 4) is 0 Å². The van der Waals surface area contributed by atoms with E-state index < -0.39 is 0 Å². The molecule has 0 atom stereocenters. The molecule has 0 spiro atoms. The predicted octanol–water partition coefficient (Wildman–Crippen LogP) is 3.47. The first kappa shape index (κ1) is 16.3. The van der Waals surface area contributed by atoms with E-state index >= 15 is 0 Å². The monoisotopic (exact) mass is 309 g/mol. The van der Waals surface area contributed by atoms with E-state index in [0.29, 0.717) is 12.3 Å². The lowest BCUT2D eigenvalue weighted by atomic mass is 9.93. The molecule has 1 aliphatic rings. The summed E-state index contributed by atoms with van der Waals surface area (Å²) in [5.41, 5.74) is 3.33. The Morgan fingerprint density at radius 3 is 2.71 bits per heavy atom. The van der Waals surface area contributed by atoms with Gasteiger partial charge in [0.15, 0.2) is 0 Å². The molecule has 1 aromatic heterocycles. The van der Waals surface area contributed by atoms with Crippen molar-refractivity contribution in [2.24, 2.45) is 5.92 Å². The number of rotatable bonds is 6. The summed E-state index contributed by atoms with van der Waals surface area (Å²) in [5.74, 6) is 0.573. The molecule has 0 aliphatic heterocycles. The number of nitrogens with zero attached hydrogens (tertiary/aromatic N) is 1. The van der Waals surface area contributed by atoms with Crippen molar-refractivity contribution in [2.45, 2.75) is 65.3 Å². The zero-order chi connectivity index (χ0) is 15.4. The standard InChI is InChI=1S/C17H24ClNO2/c1-12(2)9-10-19-15-6-4-3-5-13(15)11-14(17(19)21)7-8-16(18)20/h11-12H,3-10H2,1-2H3. The molecular weight excluding hydrogens is 286 g/mol. The molecule has 0 radical (unpaired) electrons. The van der Waals surface area contributed by atoms with Gasteiger partial charge in [0.25, 0.3) is 5.56 Å². The molecule has 0 fully saturated rings. The van der Waals surface area contributed by atoms with Crippen molar-refractivity contribution in [2.75, 3.05) is 0 Å². The summed E-state index contributed by atoms with van der Waals surface area (Å²) in [6.45, 7) is 5.13. The zero-order valence-corrected chi connectivity index (χ0v) is 13.7. The maximum Gasteiger partial charge on any atom is 0.253 e. The van der Waals surface area contributed by atoms with Gasteiger partial charge in [0.05, 0.1) is 0 Å². The highest BCUT2D eigenvalue weighted by Crippen LogP contribution is 2.22. The summed E-state index contributed by atoms with van der Waals surface area (Å²) >= 11 is 5.42. The molecule has 1 aromatic rings. The molecule has 0 unspecified atom stereocenters. The van der Waals surface area contributed by atoms with Crippen molar-refractivity contribution in [1.82, 2.24) is 4.57 Å². The minimum Gasteiger partial charge on any atom is -0.312 e. The molecule has 1 aliphatic carbocycles. The van der Waals surface area contributed by atoms with Crippen LogP contribution in [0.1, 0.15) is 56.4 Å². The molecule has 4 heteroatoms. The van der Waals surface area contributed by atoms with E-state index in [1.807, 2.05) is 10.6 Å². The average Bonchev–Trinajstić information content (AvgIpc) is 2.44. The molecule has 0 saturated heterocycles. The van der Waals surface area contributed by atoms with Gasteiger partial charge in [0.2, 0.25) is 5.24 Å². The van der Waals surface area contributed by atoms with E-state index in [0.717, 1.165) is 37.8 Å². The van der Waals surface area contributed by atoms with Crippen molar-refractivity contribution >= 4 is 16.8 Å². The van der Waals surface area contributed by atoms with Gasteiger partial charge in [0.1, 0.15) is 0 Å². The molecule has 0 aromatic carbocycles. The van der Waals surface area contributed by atoms with Gasteiger partial charge in [-0.05, 0) is 67.7 Å².